The minimum atomic E-state index is 0.0247. The number of ether oxygens (including phenoxy) is 1. The van der Waals surface area contributed by atoms with E-state index in [1.54, 1.807) is 0 Å². The maximum absolute atomic E-state index is 11.7. The first-order valence-corrected chi connectivity index (χ1v) is 6.89. The van der Waals surface area contributed by atoms with Gasteiger partial charge in [0.25, 0.3) is 0 Å². The number of aromatic nitrogens is 1. The predicted octanol–water partition coefficient (Wildman–Crippen LogP) is 2.26. The van der Waals surface area contributed by atoms with Gasteiger partial charge in [0.1, 0.15) is 5.76 Å². The van der Waals surface area contributed by atoms with Crippen molar-refractivity contribution in [1.29, 1.82) is 0 Å². The van der Waals surface area contributed by atoms with Crippen molar-refractivity contribution in [1.82, 2.24) is 10.3 Å². The SMILES string of the molecule is Cc1nc(CNC(=O)CCC2CCC(C)O2)oc1C. The Labute approximate surface area is 113 Å². The lowest BCUT2D eigenvalue weighted by Crippen LogP contribution is -2.24. The minimum absolute atomic E-state index is 0.0247. The molecule has 1 amide bonds. The van der Waals surface area contributed by atoms with Gasteiger partial charge in [-0.3, -0.25) is 4.79 Å². The van der Waals surface area contributed by atoms with Crippen LogP contribution in [0, 0.1) is 13.8 Å². The highest BCUT2D eigenvalue weighted by molar-refractivity contribution is 5.75. The normalized spacial score (nSPS) is 22.7. The molecule has 2 heterocycles. The molecule has 0 bridgehead atoms. The highest BCUT2D eigenvalue weighted by Crippen LogP contribution is 2.22. The second-order valence-corrected chi connectivity index (χ2v) is 5.21. The van der Waals surface area contributed by atoms with Crippen molar-refractivity contribution in [3.63, 3.8) is 0 Å². The third-order valence-corrected chi connectivity index (χ3v) is 3.52. The summed E-state index contributed by atoms with van der Waals surface area (Å²) in [6.07, 6.45) is 4.03. The van der Waals surface area contributed by atoms with Gasteiger partial charge < -0.3 is 14.5 Å². The van der Waals surface area contributed by atoms with Crippen LogP contribution in [0.4, 0.5) is 0 Å². The van der Waals surface area contributed by atoms with Crippen molar-refractivity contribution in [2.75, 3.05) is 0 Å². The first-order valence-electron chi connectivity index (χ1n) is 6.89. The molecule has 0 spiro atoms. The summed E-state index contributed by atoms with van der Waals surface area (Å²) in [7, 11) is 0. The second-order valence-electron chi connectivity index (χ2n) is 5.21. The lowest BCUT2D eigenvalue weighted by Gasteiger charge is -2.10. The molecular weight excluding hydrogens is 244 g/mol. The Morgan fingerprint density at radius 3 is 2.79 bits per heavy atom. The van der Waals surface area contributed by atoms with Crippen molar-refractivity contribution in [3.8, 4) is 0 Å². The van der Waals surface area contributed by atoms with Crippen LogP contribution < -0.4 is 5.32 Å². The average molecular weight is 266 g/mol. The van der Waals surface area contributed by atoms with Gasteiger partial charge in [-0.2, -0.15) is 0 Å². The van der Waals surface area contributed by atoms with E-state index in [1.165, 1.54) is 0 Å². The molecule has 5 heteroatoms. The maximum Gasteiger partial charge on any atom is 0.220 e. The molecule has 0 radical (unpaired) electrons. The number of hydrogen-bond acceptors (Lipinski definition) is 4. The Bertz CT molecular complexity index is 422. The monoisotopic (exact) mass is 266 g/mol. The number of hydrogen-bond donors (Lipinski definition) is 1. The summed E-state index contributed by atoms with van der Waals surface area (Å²) in [6, 6.07) is 0. The molecule has 1 aliphatic heterocycles. The molecule has 19 heavy (non-hydrogen) atoms. The van der Waals surface area contributed by atoms with Gasteiger partial charge in [-0.05, 0) is 40.0 Å². The number of rotatable bonds is 5. The molecule has 2 unspecified atom stereocenters. The molecule has 1 aromatic heterocycles. The Balaban J connectivity index is 1.67. The number of oxazole rings is 1. The van der Waals surface area contributed by atoms with E-state index < -0.39 is 0 Å². The zero-order chi connectivity index (χ0) is 13.8. The Morgan fingerprint density at radius 1 is 1.42 bits per heavy atom. The molecule has 2 rings (SSSR count). The molecule has 0 saturated carbocycles. The first kappa shape index (κ1) is 14.1. The molecule has 1 aliphatic rings. The first-order chi connectivity index (χ1) is 9.04. The summed E-state index contributed by atoms with van der Waals surface area (Å²) >= 11 is 0. The minimum Gasteiger partial charge on any atom is -0.444 e. The molecule has 5 nitrogen and oxygen atoms in total. The smallest absolute Gasteiger partial charge is 0.220 e. The zero-order valence-corrected chi connectivity index (χ0v) is 11.9. The number of amides is 1. The van der Waals surface area contributed by atoms with Crippen LogP contribution in [0.2, 0.25) is 0 Å². The molecule has 1 fully saturated rings. The largest absolute Gasteiger partial charge is 0.444 e. The lowest BCUT2D eigenvalue weighted by molar-refractivity contribution is -0.122. The molecular formula is C14H22N2O3. The fourth-order valence-corrected chi connectivity index (χ4v) is 2.27. The third kappa shape index (κ3) is 4.06. The van der Waals surface area contributed by atoms with Crippen molar-refractivity contribution in [3.05, 3.63) is 17.3 Å². The number of aryl methyl sites for hydroxylation is 2. The third-order valence-electron chi connectivity index (χ3n) is 3.52. The van der Waals surface area contributed by atoms with Crippen LogP contribution in [-0.2, 0) is 16.1 Å². The van der Waals surface area contributed by atoms with Gasteiger partial charge in [-0.15, -0.1) is 0 Å². The van der Waals surface area contributed by atoms with Gasteiger partial charge in [0.05, 0.1) is 24.4 Å². The Hall–Kier alpha value is -1.36. The molecule has 1 saturated heterocycles. The quantitative estimate of drug-likeness (QED) is 0.887. The van der Waals surface area contributed by atoms with Gasteiger partial charge in [0.2, 0.25) is 11.8 Å². The molecule has 1 N–H and O–H groups in total. The van der Waals surface area contributed by atoms with E-state index in [-0.39, 0.29) is 12.0 Å². The molecule has 106 valence electrons. The van der Waals surface area contributed by atoms with Crippen LogP contribution in [0.3, 0.4) is 0 Å². The maximum atomic E-state index is 11.7. The van der Waals surface area contributed by atoms with Crippen LogP contribution in [0.25, 0.3) is 0 Å². The fraction of sp³-hybridized carbons (Fsp3) is 0.714. The fourth-order valence-electron chi connectivity index (χ4n) is 2.27. The highest BCUT2D eigenvalue weighted by atomic mass is 16.5. The standard InChI is InChI=1S/C14H22N2O3/c1-9-4-5-12(18-9)6-7-13(17)15-8-14-16-10(2)11(3)19-14/h9,12H,4-8H2,1-3H3,(H,15,17). The van der Waals surface area contributed by atoms with Crippen molar-refractivity contribution in [2.45, 2.75) is 65.2 Å². The summed E-state index contributed by atoms with van der Waals surface area (Å²) in [5.41, 5.74) is 0.873. The topological polar surface area (TPSA) is 64.4 Å². The van der Waals surface area contributed by atoms with Crippen molar-refractivity contribution in [2.24, 2.45) is 0 Å². The van der Waals surface area contributed by atoms with E-state index in [9.17, 15) is 4.79 Å². The van der Waals surface area contributed by atoms with Gasteiger partial charge >= 0.3 is 0 Å². The molecule has 1 aromatic rings. The molecule has 0 aromatic carbocycles. The molecule has 2 atom stereocenters. The summed E-state index contributed by atoms with van der Waals surface area (Å²) in [5.74, 6) is 1.39. The van der Waals surface area contributed by atoms with Crippen LogP contribution in [0.15, 0.2) is 4.42 Å². The van der Waals surface area contributed by atoms with Gasteiger partial charge in [0, 0.05) is 6.42 Å². The number of carbonyl (C=O) groups excluding carboxylic acids is 1. The van der Waals surface area contributed by atoms with Gasteiger partial charge in [-0.1, -0.05) is 0 Å². The number of carbonyl (C=O) groups is 1. The summed E-state index contributed by atoms with van der Waals surface area (Å²) in [4.78, 5) is 15.9. The van der Waals surface area contributed by atoms with Crippen molar-refractivity contribution >= 4 is 5.91 Å². The average Bonchev–Trinajstić information content (AvgIpc) is 2.91. The van der Waals surface area contributed by atoms with Crippen LogP contribution in [0.5, 0.6) is 0 Å². The lowest BCUT2D eigenvalue weighted by atomic mass is 10.1. The highest BCUT2D eigenvalue weighted by Gasteiger charge is 2.22. The summed E-state index contributed by atoms with van der Waals surface area (Å²) < 4.78 is 11.1. The van der Waals surface area contributed by atoms with E-state index in [0.717, 1.165) is 30.7 Å². The molecule has 0 aliphatic carbocycles. The van der Waals surface area contributed by atoms with E-state index >= 15 is 0 Å². The predicted molar refractivity (Wildman–Crippen MR) is 70.6 cm³/mol. The Morgan fingerprint density at radius 2 is 2.21 bits per heavy atom. The Kier molecular flexibility index (Phi) is 4.58. The number of nitrogens with one attached hydrogen (secondary N) is 1. The van der Waals surface area contributed by atoms with E-state index in [4.69, 9.17) is 9.15 Å². The van der Waals surface area contributed by atoms with Crippen molar-refractivity contribution < 1.29 is 13.9 Å². The van der Waals surface area contributed by atoms with E-state index in [0.29, 0.717) is 25.0 Å². The van der Waals surface area contributed by atoms with Crippen LogP contribution in [0.1, 0.15) is 50.0 Å². The second kappa shape index (κ2) is 6.19. The summed E-state index contributed by atoms with van der Waals surface area (Å²) in [5, 5.41) is 2.82. The van der Waals surface area contributed by atoms with E-state index in [2.05, 4.69) is 17.2 Å². The van der Waals surface area contributed by atoms with Crippen LogP contribution in [-0.4, -0.2) is 23.1 Å². The van der Waals surface area contributed by atoms with Gasteiger partial charge in [0.15, 0.2) is 0 Å². The van der Waals surface area contributed by atoms with Gasteiger partial charge in [-0.25, -0.2) is 4.98 Å². The van der Waals surface area contributed by atoms with E-state index in [1.807, 2.05) is 13.8 Å². The zero-order valence-electron chi connectivity index (χ0n) is 11.9. The summed E-state index contributed by atoms with van der Waals surface area (Å²) in [6.45, 7) is 6.19. The van der Waals surface area contributed by atoms with Crippen LogP contribution >= 0.6 is 0 Å². The number of nitrogens with zero attached hydrogens (tertiary/aromatic N) is 1.